The van der Waals surface area contributed by atoms with Crippen molar-refractivity contribution in [2.75, 3.05) is 11.9 Å². The molecular formula is C19H23N3O4S. The van der Waals surface area contributed by atoms with E-state index >= 15 is 0 Å². The monoisotopic (exact) mass is 389 g/mol. The van der Waals surface area contributed by atoms with Gasteiger partial charge in [0.15, 0.2) is 0 Å². The van der Waals surface area contributed by atoms with Gasteiger partial charge in [-0.1, -0.05) is 23.8 Å². The minimum atomic E-state index is -0.609. The van der Waals surface area contributed by atoms with Crippen molar-refractivity contribution in [3.8, 4) is 5.75 Å². The van der Waals surface area contributed by atoms with Gasteiger partial charge in [-0.2, -0.15) is 13.5 Å². The van der Waals surface area contributed by atoms with Gasteiger partial charge in [0.2, 0.25) is 0 Å². The average molecular weight is 389 g/mol. The van der Waals surface area contributed by atoms with Crippen LogP contribution in [0.15, 0.2) is 42.5 Å². The quantitative estimate of drug-likeness (QED) is 0.544. The normalized spacial score (nSPS) is 15.5. The standard InChI is InChI=1S/C19H21N3O4.H2S/c1-12-3-7-16(8-4-12)20-19(24)22-10-15-6-5-14(18(23)21-25)9-17(15)26-11-13(22)2;/h3-9,13,25H,10-11H2,1-2H3,(H,20,24)(H,21,23);1H2/t13-;/m0./s1. The second-order valence-electron chi connectivity index (χ2n) is 6.35. The number of urea groups is 1. The average Bonchev–Trinajstić information content (AvgIpc) is 2.81. The number of anilines is 1. The van der Waals surface area contributed by atoms with E-state index in [1.807, 2.05) is 38.1 Å². The summed E-state index contributed by atoms with van der Waals surface area (Å²) in [7, 11) is 0. The van der Waals surface area contributed by atoms with Crippen molar-refractivity contribution in [3.05, 3.63) is 59.2 Å². The maximum atomic E-state index is 12.7. The van der Waals surface area contributed by atoms with Gasteiger partial charge in [0.05, 0.1) is 12.6 Å². The molecule has 0 radical (unpaired) electrons. The Morgan fingerprint density at radius 2 is 1.89 bits per heavy atom. The first-order valence-corrected chi connectivity index (χ1v) is 8.32. The van der Waals surface area contributed by atoms with Gasteiger partial charge in [-0.25, -0.2) is 10.3 Å². The molecule has 144 valence electrons. The number of fused-ring (bicyclic) bond motifs is 1. The van der Waals surface area contributed by atoms with E-state index in [2.05, 4.69) is 5.32 Å². The molecule has 0 unspecified atom stereocenters. The number of carbonyl (C=O) groups is 2. The Bertz CT molecular complexity index is 826. The molecule has 0 spiro atoms. The van der Waals surface area contributed by atoms with Crippen molar-refractivity contribution in [3.63, 3.8) is 0 Å². The van der Waals surface area contributed by atoms with Crippen molar-refractivity contribution in [2.24, 2.45) is 0 Å². The van der Waals surface area contributed by atoms with Gasteiger partial charge >= 0.3 is 6.03 Å². The van der Waals surface area contributed by atoms with Gasteiger partial charge in [-0.3, -0.25) is 10.0 Å². The number of carbonyl (C=O) groups excluding carboxylic acids is 2. The van der Waals surface area contributed by atoms with Gasteiger partial charge in [-0.15, -0.1) is 0 Å². The number of hydroxylamine groups is 1. The largest absolute Gasteiger partial charge is 0.491 e. The Labute approximate surface area is 164 Å². The summed E-state index contributed by atoms with van der Waals surface area (Å²) in [5.74, 6) is -0.0775. The Morgan fingerprint density at radius 3 is 2.56 bits per heavy atom. The van der Waals surface area contributed by atoms with E-state index in [1.54, 1.807) is 28.6 Å². The van der Waals surface area contributed by atoms with Crippen molar-refractivity contribution < 1.29 is 19.5 Å². The van der Waals surface area contributed by atoms with Crippen LogP contribution < -0.4 is 15.5 Å². The van der Waals surface area contributed by atoms with E-state index in [9.17, 15) is 9.59 Å². The van der Waals surface area contributed by atoms with E-state index in [0.717, 1.165) is 16.8 Å². The lowest BCUT2D eigenvalue weighted by atomic mass is 10.1. The third-order valence-electron chi connectivity index (χ3n) is 4.35. The zero-order valence-corrected chi connectivity index (χ0v) is 16.2. The summed E-state index contributed by atoms with van der Waals surface area (Å²) in [6.45, 7) is 4.55. The number of rotatable bonds is 2. The van der Waals surface area contributed by atoms with Crippen LogP contribution in [-0.4, -0.2) is 34.7 Å². The number of aryl methyl sites for hydroxylation is 1. The molecule has 0 aromatic heterocycles. The van der Waals surface area contributed by atoms with Crippen molar-refractivity contribution in [1.82, 2.24) is 10.4 Å². The fraction of sp³-hybridized carbons (Fsp3) is 0.263. The molecule has 0 saturated heterocycles. The van der Waals surface area contributed by atoms with Crippen LogP contribution in [0.4, 0.5) is 10.5 Å². The molecule has 3 rings (SSSR count). The number of ether oxygens (including phenoxy) is 1. The highest BCUT2D eigenvalue weighted by Gasteiger charge is 2.26. The molecule has 1 aliphatic rings. The second kappa shape index (κ2) is 8.79. The Morgan fingerprint density at radius 1 is 1.19 bits per heavy atom. The first-order chi connectivity index (χ1) is 12.5. The summed E-state index contributed by atoms with van der Waals surface area (Å²) in [4.78, 5) is 26.0. The first kappa shape index (κ1) is 20.6. The van der Waals surface area contributed by atoms with Crippen LogP contribution in [0.25, 0.3) is 0 Å². The summed E-state index contributed by atoms with van der Waals surface area (Å²) in [5.41, 5.74) is 4.54. The van der Waals surface area contributed by atoms with Crippen molar-refractivity contribution >= 4 is 31.1 Å². The van der Waals surface area contributed by atoms with Crippen LogP contribution >= 0.6 is 13.5 Å². The number of hydrogen-bond donors (Lipinski definition) is 3. The summed E-state index contributed by atoms with van der Waals surface area (Å²) >= 11 is 0. The maximum absolute atomic E-state index is 12.7. The van der Waals surface area contributed by atoms with E-state index in [1.165, 1.54) is 0 Å². The minimum Gasteiger partial charge on any atom is -0.491 e. The SMILES string of the molecule is Cc1ccc(NC(=O)N2Cc3ccc(C(=O)NO)cc3OC[C@@H]2C)cc1.S. The van der Waals surface area contributed by atoms with Crippen LogP contribution in [-0.2, 0) is 6.54 Å². The molecule has 8 heteroatoms. The minimum absolute atomic E-state index is 0. The predicted molar refractivity (Wildman–Crippen MR) is 107 cm³/mol. The van der Waals surface area contributed by atoms with E-state index in [-0.39, 0.29) is 31.1 Å². The summed E-state index contributed by atoms with van der Waals surface area (Å²) in [6, 6.07) is 12.1. The van der Waals surface area contributed by atoms with Gasteiger partial charge in [0.1, 0.15) is 12.4 Å². The first-order valence-electron chi connectivity index (χ1n) is 8.32. The molecule has 3 N–H and O–H groups in total. The number of nitrogens with zero attached hydrogens (tertiary/aromatic N) is 1. The Hall–Kier alpha value is -2.71. The maximum Gasteiger partial charge on any atom is 0.322 e. The molecule has 1 aliphatic heterocycles. The molecule has 1 atom stereocenters. The molecule has 0 bridgehead atoms. The predicted octanol–water partition coefficient (Wildman–Crippen LogP) is 3.04. The molecule has 0 fully saturated rings. The van der Waals surface area contributed by atoms with Gasteiger partial charge in [0, 0.05) is 16.8 Å². The fourth-order valence-electron chi connectivity index (χ4n) is 2.77. The van der Waals surface area contributed by atoms with Crippen LogP contribution in [0.3, 0.4) is 0 Å². The van der Waals surface area contributed by atoms with E-state index < -0.39 is 5.91 Å². The topological polar surface area (TPSA) is 90.9 Å². The Balaban J connectivity index is 0.00000261. The van der Waals surface area contributed by atoms with Gasteiger partial charge < -0.3 is 15.0 Å². The molecule has 0 aliphatic carbocycles. The fourth-order valence-corrected chi connectivity index (χ4v) is 2.77. The Kier molecular flexibility index (Phi) is 6.70. The second-order valence-corrected chi connectivity index (χ2v) is 6.35. The van der Waals surface area contributed by atoms with E-state index in [0.29, 0.717) is 18.9 Å². The smallest absolute Gasteiger partial charge is 0.322 e. The highest BCUT2D eigenvalue weighted by Crippen LogP contribution is 2.27. The van der Waals surface area contributed by atoms with Gasteiger partial charge in [0.25, 0.3) is 5.91 Å². The lowest BCUT2D eigenvalue weighted by Gasteiger charge is -2.26. The highest BCUT2D eigenvalue weighted by molar-refractivity contribution is 7.59. The zero-order chi connectivity index (χ0) is 18.7. The third kappa shape index (κ3) is 4.72. The van der Waals surface area contributed by atoms with Gasteiger partial charge in [-0.05, 0) is 38.1 Å². The van der Waals surface area contributed by atoms with Crippen LogP contribution in [0.5, 0.6) is 5.75 Å². The highest BCUT2D eigenvalue weighted by atomic mass is 32.1. The summed E-state index contributed by atoms with van der Waals surface area (Å²) < 4.78 is 5.76. The van der Waals surface area contributed by atoms with Crippen LogP contribution in [0.2, 0.25) is 0 Å². The molecular weight excluding hydrogens is 366 g/mol. The molecule has 27 heavy (non-hydrogen) atoms. The third-order valence-corrected chi connectivity index (χ3v) is 4.35. The lowest BCUT2D eigenvalue weighted by Crippen LogP contribution is -2.42. The summed E-state index contributed by atoms with van der Waals surface area (Å²) in [6.07, 6.45) is 0. The van der Waals surface area contributed by atoms with Crippen LogP contribution in [0.1, 0.15) is 28.4 Å². The van der Waals surface area contributed by atoms with Crippen molar-refractivity contribution in [2.45, 2.75) is 26.4 Å². The van der Waals surface area contributed by atoms with Crippen molar-refractivity contribution in [1.29, 1.82) is 0 Å². The van der Waals surface area contributed by atoms with E-state index in [4.69, 9.17) is 9.94 Å². The molecule has 3 amide bonds. The summed E-state index contributed by atoms with van der Waals surface area (Å²) in [5, 5.41) is 11.7. The lowest BCUT2D eigenvalue weighted by molar-refractivity contribution is 0.0706. The molecule has 7 nitrogen and oxygen atoms in total. The number of amides is 3. The zero-order valence-electron chi connectivity index (χ0n) is 15.2. The number of benzene rings is 2. The molecule has 1 heterocycles. The van der Waals surface area contributed by atoms with Crippen LogP contribution in [0, 0.1) is 6.92 Å². The number of nitrogens with one attached hydrogen (secondary N) is 2. The number of hydrogen-bond acceptors (Lipinski definition) is 4. The molecule has 2 aromatic carbocycles. The molecule has 0 saturated carbocycles. The molecule has 2 aromatic rings.